The van der Waals surface area contributed by atoms with Crippen molar-refractivity contribution in [1.82, 2.24) is 14.9 Å². The van der Waals surface area contributed by atoms with Gasteiger partial charge in [-0.25, -0.2) is 9.97 Å². The van der Waals surface area contributed by atoms with Gasteiger partial charge < -0.3 is 4.90 Å². The molecule has 1 amide bonds. The standard InChI is InChI=1S/C18H19N3OS2/c1-13-16(20-14(2)24-13)10-18(22)21(12-17-19-8-9-23-17)11-15-6-4-3-5-7-15/h3-9H,10-12H2,1-2H3. The molecule has 0 unspecified atom stereocenters. The Morgan fingerprint density at radius 2 is 1.96 bits per heavy atom. The van der Waals surface area contributed by atoms with Gasteiger partial charge in [0, 0.05) is 23.0 Å². The van der Waals surface area contributed by atoms with E-state index < -0.39 is 0 Å². The lowest BCUT2D eigenvalue weighted by Gasteiger charge is -2.21. The summed E-state index contributed by atoms with van der Waals surface area (Å²) >= 11 is 3.21. The van der Waals surface area contributed by atoms with Crippen molar-refractivity contribution in [2.75, 3.05) is 0 Å². The summed E-state index contributed by atoms with van der Waals surface area (Å²) in [6, 6.07) is 10.1. The highest BCUT2D eigenvalue weighted by Crippen LogP contribution is 2.19. The van der Waals surface area contributed by atoms with Crippen LogP contribution in [0.15, 0.2) is 41.9 Å². The highest BCUT2D eigenvalue weighted by Gasteiger charge is 2.19. The Bertz CT molecular complexity index is 797. The second-order valence-electron chi connectivity index (χ2n) is 5.57. The molecule has 0 saturated heterocycles. The van der Waals surface area contributed by atoms with Gasteiger partial charge in [0.1, 0.15) is 5.01 Å². The van der Waals surface area contributed by atoms with Crippen molar-refractivity contribution in [3.63, 3.8) is 0 Å². The van der Waals surface area contributed by atoms with Crippen molar-refractivity contribution in [3.05, 3.63) is 68.1 Å². The van der Waals surface area contributed by atoms with E-state index >= 15 is 0 Å². The summed E-state index contributed by atoms with van der Waals surface area (Å²) in [5.41, 5.74) is 2.01. The first-order valence-corrected chi connectivity index (χ1v) is 9.44. The van der Waals surface area contributed by atoms with Crippen LogP contribution in [0.2, 0.25) is 0 Å². The zero-order valence-corrected chi connectivity index (χ0v) is 15.4. The third-order valence-electron chi connectivity index (χ3n) is 3.70. The maximum absolute atomic E-state index is 12.9. The molecule has 1 aromatic carbocycles. The van der Waals surface area contributed by atoms with E-state index in [4.69, 9.17) is 0 Å². The average Bonchev–Trinajstić information content (AvgIpc) is 3.17. The second-order valence-corrected chi connectivity index (χ2v) is 7.96. The van der Waals surface area contributed by atoms with E-state index in [-0.39, 0.29) is 5.91 Å². The molecule has 0 N–H and O–H groups in total. The highest BCUT2D eigenvalue weighted by atomic mass is 32.1. The molecule has 4 nitrogen and oxygen atoms in total. The van der Waals surface area contributed by atoms with Gasteiger partial charge in [-0.05, 0) is 19.4 Å². The summed E-state index contributed by atoms with van der Waals surface area (Å²) in [6.45, 7) is 5.12. The predicted molar refractivity (Wildman–Crippen MR) is 98.1 cm³/mol. The molecule has 0 aliphatic carbocycles. The van der Waals surface area contributed by atoms with Gasteiger partial charge in [-0.15, -0.1) is 22.7 Å². The number of carbonyl (C=O) groups is 1. The molecular weight excluding hydrogens is 338 g/mol. The average molecular weight is 358 g/mol. The van der Waals surface area contributed by atoms with Gasteiger partial charge in [-0.3, -0.25) is 4.79 Å². The van der Waals surface area contributed by atoms with Crippen LogP contribution in [0.3, 0.4) is 0 Å². The highest BCUT2D eigenvalue weighted by molar-refractivity contribution is 7.11. The Balaban J connectivity index is 1.77. The molecule has 6 heteroatoms. The largest absolute Gasteiger partial charge is 0.331 e. The zero-order chi connectivity index (χ0) is 16.9. The van der Waals surface area contributed by atoms with Crippen LogP contribution in [0.25, 0.3) is 0 Å². The van der Waals surface area contributed by atoms with Crippen molar-refractivity contribution in [3.8, 4) is 0 Å². The minimum atomic E-state index is 0.0856. The van der Waals surface area contributed by atoms with Crippen LogP contribution in [0.1, 0.15) is 26.1 Å². The fourth-order valence-electron chi connectivity index (χ4n) is 2.52. The molecule has 24 heavy (non-hydrogen) atoms. The van der Waals surface area contributed by atoms with Crippen LogP contribution in [0, 0.1) is 13.8 Å². The minimum absolute atomic E-state index is 0.0856. The maximum Gasteiger partial charge on any atom is 0.229 e. The fourth-order valence-corrected chi connectivity index (χ4v) is 3.99. The number of rotatable bonds is 6. The third kappa shape index (κ3) is 4.27. The Morgan fingerprint density at radius 3 is 2.58 bits per heavy atom. The molecule has 3 rings (SSSR count). The summed E-state index contributed by atoms with van der Waals surface area (Å²) in [5, 5.41) is 3.89. The van der Waals surface area contributed by atoms with Crippen LogP contribution in [-0.4, -0.2) is 20.8 Å². The third-order valence-corrected chi connectivity index (χ3v) is 5.39. The van der Waals surface area contributed by atoms with E-state index in [1.807, 2.05) is 54.5 Å². The van der Waals surface area contributed by atoms with E-state index in [1.165, 1.54) is 0 Å². The Labute approximate surface area is 149 Å². The Hall–Kier alpha value is -2.05. The maximum atomic E-state index is 12.9. The van der Waals surface area contributed by atoms with Gasteiger partial charge >= 0.3 is 0 Å². The molecule has 0 spiro atoms. The van der Waals surface area contributed by atoms with Gasteiger partial charge in [-0.2, -0.15) is 0 Å². The number of aryl methyl sites for hydroxylation is 2. The van der Waals surface area contributed by atoms with Crippen molar-refractivity contribution in [1.29, 1.82) is 0 Å². The number of thiazole rings is 2. The summed E-state index contributed by atoms with van der Waals surface area (Å²) in [7, 11) is 0. The summed E-state index contributed by atoms with van der Waals surface area (Å²) in [4.78, 5) is 24.7. The van der Waals surface area contributed by atoms with E-state index in [9.17, 15) is 4.79 Å². The number of benzene rings is 1. The Morgan fingerprint density at radius 1 is 1.17 bits per heavy atom. The lowest BCUT2D eigenvalue weighted by molar-refractivity contribution is -0.131. The first kappa shape index (κ1) is 16.8. The van der Waals surface area contributed by atoms with Crippen LogP contribution < -0.4 is 0 Å². The Kier molecular flexibility index (Phi) is 5.37. The van der Waals surface area contributed by atoms with Crippen LogP contribution >= 0.6 is 22.7 Å². The SMILES string of the molecule is Cc1nc(CC(=O)N(Cc2ccccc2)Cc2nccs2)c(C)s1. The summed E-state index contributed by atoms with van der Waals surface area (Å²) < 4.78 is 0. The molecule has 0 fully saturated rings. The van der Waals surface area contributed by atoms with E-state index in [0.717, 1.165) is 26.1 Å². The molecule has 124 valence electrons. The number of nitrogens with zero attached hydrogens (tertiary/aromatic N) is 3. The van der Waals surface area contributed by atoms with Crippen LogP contribution in [0.4, 0.5) is 0 Å². The van der Waals surface area contributed by atoms with Gasteiger partial charge in [0.2, 0.25) is 5.91 Å². The molecule has 0 saturated carbocycles. The minimum Gasteiger partial charge on any atom is -0.331 e. The molecule has 0 aliphatic heterocycles. The molecule has 2 aromatic heterocycles. The zero-order valence-electron chi connectivity index (χ0n) is 13.7. The first-order chi connectivity index (χ1) is 11.6. The van der Waals surface area contributed by atoms with Crippen molar-refractivity contribution < 1.29 is 4.79 Å². The summed E-state index contributed by atoms with van der Waals surface area (Å²) in [5.74, 6) is 0.0856. The van der Waals surface area contributed by atoms with Gasteiger partial charge in [0.15, 0.2) is 0 Å². The monoisotopic (exact) mass is 357 g/mol. The number of hydrogen-bond donors (Lipinski definition) is 0. The topological polar surface area (TPSA) is 46.1 Å². The van der Waals surface area contributed by atoms with Crippen molar-refractivity contribution >= 4 is 28.6 Å². The number of hydrogen-bond acceptors (Lipinski definition) is 5. The van der Waals surface area contributed by atoms with E-state index in [0.29, 0.717) is 19.5 Å². The fraction of sp³-hybridized carbons (Fsp3) is 0.278. The number of aromatic nitrogens is 2. The lowest BCUT2D eigenvalue weighted by atomic mass is 10.2. The van der Waals surface area contributed by atoms with E-state index in [2.05, 4.69) is 9.97 Å². The normalized spacial score (nSPS) is 10.8. The lowest BCUT2D eigenvalue weighted by Crippen LogP contribution is -2.31. The molecule has 0 atom stereocenters. The molecule has 0 aliphatic rings. The quantitative estimate of drug-likeness (QED) is 0.670. The molecule has 0 bridgehead atoms. The molecule has 2 heterocycles. The van der Waals surface area contributed by atoms with Gasteiger partial charge in [-0.1, -0.05) is 30.3 Å². The number of carbonyl (C=O) groups excluding carboxylic acids is 1. The van der Waals surface area contributed by atoms with Gasteiger partial charge in [0.25, 0.3) is 0 Å². The molecular formula is C18H19N3OS2. The van der Waals surface area contributed by atoms with Crippen molar-refractivity contribution in [2.45, 2.75) is 33.4 Å². The summed E-state index contributed by atoms with van der Waals surface area (Å²) in [6.07, 6.45) is 2.12. The number of amides is 1. The van der Waals surface area contributed by atoms with Crippen LogP contribution in [0.5, 0.6) is 0 Å². The first-order valence-electron chi connectivity index (χ1n) is 7.75. The molecule has 3 aromatic rings. The predicted octanol–water partition coefficient (Wildman–Crippen LogP) is 3.99. The second kappa shape index (κ2) is 7.68. The molecule has 0 radical (unpaired) electrons. The van der Waals surface area contributed by atoms with Gasteiger partial charge in [0.05, 0.1) is 23.7 Å². The smallest absolute Gasteiger partial charge is 0.229 e. The van der Waals surface area contributed by atoms with Crippen molar-refractivity contribution in [2.24, 2.45) is 0 Å². The van der Waals surface area contributed by atoms with E-state index in [1.54, 1.807) is 28.9 Å². The van der Waals surface area contributed by atoms with Crippen LogP contribution in [-0.2, 0) is 24.3 Å².